The van der Waals surface area contributed by atoms with Crippen LogP contribution in [0.15, 0.2) is 22.7 Å². The summed E-state index contributed by atoms with van der Waals surface area (Å²) in [5, 5.41) is 22.7. The van der Waals surface area contributed by atoms with Crippen LogP contribution in [-0.2, 0) is 15.9 Å². The van der Waals surface area contributed by atoms with Crippen LogP contribution in [0.1, 0.15) is 5.82 Å². The van der Waals surface area contributed by atoms with Gasteiger partial charge in [0.2, 0.25) is 0 Å². The normalized spacial score (nSPS) is 10.8. The predicted molar refractivity (Wildman–Crippen MR) is 69.5 cm³/mol. The number of rotatable bonds is 7. The van der Waals surface area contributed by atoms with E-state index in [-0.39, 0.29) is 17.4 Å². The van der Waals surface area contributed by atoms with E-state index in [0.29, 0.717) is 37.6 Å². The highest BCUT2D eigenvalue weighted by atomic mass is 16.5. The highest BCUT2D eigenvalue weighted by Crippen LogP contribution is 2.30. The summed E-state index contributed by atoms with van der Waals surface area (Å²) >= 11 is 0. The zero-order valence-electron chi connectivity index (χ0n) is 11.1. The van der Waals surface area contributed by atoms with Gasteiger partial charge in [-0.3, -0.25) is 0 Å². The first-order valence-corrected chi connectivity index (χ1v) is 6.12. The van der Waals surface area contributed by atoms with Gasteiger partial charge in [0.1, 0.15) is 11.5 Å². The molecule has 0 atom stereocenters. The largest absolute Gasteiger partial charge is 0.508 e. The molecule has 0 bridgehead atoms. The monoisotopic (exact) mass is 280 g/mol. The van der Waals surface area contributed by atoms with Crippen LogP contribution in [0.25, 0.3) is 11.5 Å². The van der Waals surface area contributed by atoms with Crippen LogP contribution in [0.5, 0.6) is 11.5 Å². The zero-order valence-corrected chi connectivity index (χ0v) is 11.1. The van der Waals surface area contributed by atoms with Gasteiger partial charge in [0.25, 0.3) is 5.89 Å². The summed E-state index contributed by atoms with van der Waals surface area (Å²) < 4.78 is 15.2. The van der Waals surface area contributed by atoms with Gasteiger partial charge in [-0.25, -0.2) is 0 Å². The fourth-order valence-corrected chi connectivity index (χ4v) is 1.57. The van der Waals surface area contributed by atoms with Gasteiger partial charge < -0.3 is 24.2 Å². The van der Waals surface area contributed by atoms with Crippen LogP contribution in [0.3, 0.4) is 0 Å². The Labute approximate surface area is 115 Å². The van der Waals surface area contributed by atoms with E-state index in [9.17, 15) is 10.2 Å². The SMILES string of the molecule is COCCOCCc1noc(-c2ccc(O)cc2O)n1. The Morgan fingerprint density at radius 3 is 2.80 bits per heavy atom. The van der Waals surface area contributed by atoms with Crippen molar-refractivity contribution in [2.45, 2.75) is 6.42 Å². The lowest BCUT2D eigenvalue weighted by molar-refractivity contribution is 0.0714. The number of hydrogen-bond acceptors (Lipinski definition) is 7. The van der Waals surface area contributed by atoms with E-state index < -0.39 is 0 Å². The van der Waals surface area contributed by atoms with Gasteiger partial charge in [-0.05, 0) is 12.1 Å². The molecule has 108 valence electrons. The molecule has 0 aliphatic rings. The van der Waals surface area contributed by atoms with E-state index in [1.807, 2.05) is 0 Å². The van der Waals surface area contributed by atoms with Crippen LogP contribution in [0, 0.1) is 0 Å². The molecule has 0 radical (unpaired) electrons. The third-order valence-corrected chi connectivity index (χ3v) is 2.58. The van der Waals surface area contributed by atoms with Gasteiger partial charge in [-0.1, -0.05) is 5.16 Å². The summed E-state index contributed by atoms with van der Waals surface area (Å²) in [6.07, 6.45) is 0.506. The highest BCUT2D eigenvalue weighted by molar-refractivity contribution is 5.63. The molecule has 7 heteroatoms. The van der Waals surface area contributed by atoms with Crippen molar-refractivity contribution in [1.29, 1.82) is 0 Å². The first-order valence-electron chi connectivity index (χ1n) is 6.12. The number of benzene rings is 1. The van der Waals surface area contributed by atoms with Gasteiger partial charge in [0.05, 0.1) is 25.4 Å². The quantitative estimate of drug-likeness (QED) is 0.739. The van der Waals surface area contributed by atoms with Gasteiger partial charge in [0.15, 0.2) is 5.82 Å². The minimum Gasteiger partial charge on any atom is -0.508 e. The fraction of sp³-hybridized carbons (Fsp3) is 0.385. The van der Waals surface area contributed by atoms with E-state index >= 15 is 0 Å². The average molecular weight is 280 g/mol. The fourth-order valence-electron chi connectivity index (χ4n) is 1.57. The molecule has 2 N–H and O–H groups in total. The van der Waals surface area contributed by atoms with Crippen molar-refractivity contribution in [2.75, 3.05) is 26.9 Å². The van der Waals surface area contributed by atoms with E-state index in [2.05, 4.69) is 10.1 Å². The van der Waals surface area contributed by atoms with Crippen molar-refractivity contribution >= 4 is 0 Å². The molecule has 0 aliphatic carbocycles. The van der Waals surface area contributed by atoms with Crippen LogP contribution in [-0.4, -0.2) is 47.3 Å². The second-order valence-electron chi connectivity index (χ2n) is 4.07. The van der Waals surface area contributed by atoms with Crippen molar-refractivity contribution in [1.82, 2.24) is 10.1 Å². The summed E-state index contributed by atoms with van der Waals surface area (Å²) in [5.41, 5.74) is 0.377. The summed E-state index contributed by atoms with van der Waals surface area (Å²) in [6.45, 7) is 1.52. The summed E-state index contributed by atoms with van der Waals surface area (Å²) in [5.74, 6) is 0.549. The summed E-state index contributed by atoms with van der Waals surface area (Å²) in [4.78, 5) is 4.16. The maximum absolute atomic E-state index is 9.70. The molecule has 0 aliphatic heterocycles. The zero-order chi connectivity index (χ0) is 14.4. The third kappa shape index (κ3) is 3.69. The topological polar surface area (TPSA) is 97.8 Å². The molecule has 0 saturated carbocycles. The second kappa shape index (κ2) is 6.88. The van der Waals surface area contributed by atoms with Crippen LogP contribution >= 0.6 is 0 Å². The standard InChI is InChI=1S/C13H16N2O5/c1-18-6-7-19-5-4-12-14-13(20-15-12)10-3-2-9(16)8-11(10)17/h2-3,8,16-17H,4-7H2,1H3. The molecule has 1 heterocycles. The smallest absolute Gasteiger partial charge is 0.261 e. The molecule has 0 amide bonds. The minimum atomic E-state index is -0.114. The van der Waals surface area contributed by atoms with Crippen LogP contribution in [0.2, 0.25) is 0 Å². The molecule has 7 nitrogen and oxygen atoms in total. The van der Waals surface area contributed by atoms with E-state index in [4.69, 9.17) is 14.0 Å². The molecule has 2 aromatic rings. The van der Waals surface area contributed by atoms with E-state index in [0.717, 1.165) is 0 Å². The summed E-state index contributed by atoms with van der Waals surface area (Å²) in [7, 11) is 1.61. The molecule has 0 fully saturated rings. The Balaban J connectivity index is 1.95. The van der Waals surface area contributed by atoms with E-state index in [1.165, 1.54) is 18.2 Å². The molecule has 0 saturated heterocycles. The van der Waals surface area contributed by atoms with Crippen LogP contribution < -0.4 is 0 Å². The highest BCUT2D eigenvalue weighted by Gasteiger charge is 2.13. The van der Waals surface area contributed by atoms with Crippen molar-refractivity contribution in [3.63, 3.8) is 0 Å². The lowest BCUT2D eigenvalue weighted by Crippen LogP contribution is -2.05. The van der Waals surface area contributed by atoms with Crippen molar-refractivity contribution in [3.8, 4) is 23.0 Å². The Morgan fingerprint density at radius 1 is 1.20 bits per heavy atom. The maximum Gasteiger partial charge on any atom is 0.261 e. The van der Waals surface area contributed by atoms with E-state index in [1.54, 1.807) is 7.11 Å². The molecule has 0 unspecified atom stereocenters. The number of methoxy groups -OCH3 is 1. The van der Waals surface area contributed by atoms with Crippen molar-refractivity contribution < 1.29 is 24.2 Å². The first-order chi connectivity index (χ1) is 9.70. The number of aromatic hydroxyl groups is 2. The number of aromatic nitrogens is 2. The number of nitrogens with zero attached hydrogens (tertiary/aromatic N) is 2. The average Bonchev–Trinajstić information content (AvgIpc) is 2.87. The van der Waals surface area contributed by atoms with Crippen molar-refractivity contribution in [3.05, 3.63) is 24.0 Å². The number of phenolic OH excluding ortho intramolecular Hbond substituents is 2. The lowest BCUT2D eigenvalue weighted by Gasteiger charge is -2.00. The number of hydrogen-bond donors (Lipinski definition) is 2. The molecular formula is C13H16N2O5. The number of phenols is 2. The van der Waals surface area contributed by atoms with Gasteiger partial charge in [-0.2, -0.15) is 4.98 Å². The Kier molecular flexibility index (Phi) is 4.91. The lowest BCUT2D eigenvalue weighted by atomic mass is 10.2. The molecule has 1 aromatic heterocycles. The predicted octanol–water partition coefficient (Wildman–Crippen LogP) is 1.35. The molecular weight excluding hydrogens is 264 g/mol. The molecule has 0 spiro atoms. The minimum absolute atomic E-state index is 0.0301. The van der Waals surface area contributed by atoms with Crippen molar-refractivity contribution in [2.24, 2.45) is 0 Å². The van der Waals surface area contributed by atoms with Gasteiger partial charge in [-0.15, -0.1) is 0 Å². The van der Waals surface area contributed by atoms with Crippen LogP contribution in [0.4, 0.5) is 0 Å². The molecule has 2 rings (SSSR count). The Hall–Kier alpha value is -2.12. The second-order valence-corrected chi connectivity index (χ2v) is 4.07. The Bertz CT molecular complexity index is 555. The Morgan fingerprint density at radius 2 is 2.05 bits per heavy atom. The maximum atomic E-state index is 9.70. The first kappa shape index (κ1) is 14.3. The van der Waals surface area contributed by atoms with Gasteiger partial charge >= 0.3 is 0 Å². The summed E-state index contributed by atoms with van der Waals surface area (Å²) in [6, 6.07) is 4.16. The molecule has 1 aromatic carbocycles. The van der Waals surface area contributed by atoms with Gasteiger partial charge in [0, 0.05) is 19.6 Å². The third-order valence-electron chi connectivity index (χ3n) is 2.58. The molecule has 20 heavy (non-hydrogen) atoms. The number of ether oxygens (including phenoxy) is 2.